The first kappa shape index (κ1) is 19.5. The third-order valence-electron chi connectivity index (χ3n) is 5.08. The van der Waals surface area contributed by atoms with Crippen LogP contribution in [0.3, 0.4) is 0 Å². The van der Waals surface area contributed by atoms with E-state index in [1.54, 1.807) is 29.5 Å². The summed E-state index contributed by atoms with van der Waals surface area (Å²) in [4.78, 5) is 26.5. The second-order valence-corrected chi connectivity index (χ2v) is 7.70. The highest BCUT2D eigenvalue weighted by molar-refractivity contribution is 7.07. The van der Waals surface area contributed by atoms with Crippen LogP contribution in [0.1, 0.15) is 30.4 Å². The molecule has 2 amide bonds. The van der Waals surface area contributed by atoms with Gasteiger partial charge in [0.15, 0.2) is 0 Å². The summed E-state index contributed by atoms with van der Waals surface area (Å²) >= 11 is 1.65. The van der Waals surface area contributed by atoms with E-state index in [0.29, 0.717) is 50.9 Å². The number of aryl methyl sites for hydroxylation is 1. The zero-order chi connectivity index (χ0) is 19.1. The van der Waals surface area contributed by atoms with E-state index in [9.17, 15) is 14.0 Å². The van der Waals surface area contributed by atoms with E-state index in [1.165, 1.54) is 11.6 Å². The standard InChI is InChI=1S/C21H25FN2O2S/c22-19-4-2-1-3-17(19)7-11-23-21(26)18-8-12-24(13-9-18)20(25)6-5-16-10-14-27-15-16/h1-4,10,14-15,18H,5-9,11-13H2,(H,23,26). The number of nitrogens with one attached hydrogen (secondary N) is 1. The van der Waals surface area contributed by atoms with Crippen molar-refractivity contribution in [3.05, 3.63) is 58.0 Å². The van der Waals surface area contributed by atoms with E-state index in [2.05, 4.69) is 16.8 Å². The highest BCUT2D eigenvalue weighted by atomic mass is 32.1. The van der Waals surface area contributed by atoms with Crippen LogP contribution in [-0.4, -0.2) is 36.3 Å². The number of amides is 2. The van der Waals surface area contributed by atoms with E-state index in [1.807, 2.05) is 10.3 Å². The van der Waals surface area contributed by atoms with Gasteiger partial charge in [0.2, 0.25) is 11.8 Å². The first-order valence-corrected chi connectivity index (χ1v) is 10.4. The van der Waals surface area contributed by atoms with Gasteiger partial charge in [-0.25, -0.2) is 4.39 Å². The average Bonchev–Trinajstić information content (AvgIpc) is 3.21. The van der Waals surface area contributed by atoms with Gasteiger partial charge in [-0.1, -0.05) is 18.2 Å². The molecule has 0 bridgehead atoms. The Hall–Kier alpha value is -2.21. The van der Waals surface area contributed by atoms with Crippen molar-refractivity contribution in [2.45, 2.75) is 32.1 Å². The molecule has 0 aliphatic carbocycles. The summed E-state index contributed by atoms with van der Waals surface area (Å²) in [5.74, 6) is -0.121. The lowest BCUT2D eigenvalue weighted by atomic mass is 9.95. The number of nitrogens with zero attached hydrogens (tertiary/aromatic N) is 1. The summed E-state index contributed by atoms with van der Waals surface area (Å²) < 4.78 is 13.6. The molecule has 1 fully saturated rings. The van der Waals surface area contributed by atoms with E-state index in [0.717, 1.165) is 6.42 Å². The molecule has 2 aromatic rings. The summed E-state index contributed by atoms with van der Waals surface area (Å²) in [7, 11) is 0. The Kier molecular flexibility index (Phi) is 6.98. The molecular weight excluding hydrogens is 363 g/mol. The number of hydrogen-bond donors (Lipinski definition) is 1. The highest BCUT2D eigenvalue weighted by Crippen LogP contribution is 2.19. The summed E-state index contributed by atoms with van der Waals surface area (Å²) in [5, 5.41) is 7.01. The molecular formula is C21H25FN2O2S. The van der Waals surface area contributed by atoms with Gasteiger partial charge < -0.3 is 10.2 Å². The number of carbonyl (C=O) groups is 2. The molecule has 27 heavy (non-hydrogen) atoms. The van der Waals surface area contributed by atoms with Gasteiger partial charge in [-0.2, -0.15) is 11.3 Å². The van der Waals surface area contributed by atoms with Crippen molar-refractivity contribution >= 4 is 23.2 Å². The first-order chi connectivity index (χ1) is 13.1. The maximum absolute atomic E-state index is 13.6. The van der Waals surface area contributed by atoms with Crippen LogP contribution in [-0.2, 0) is 22.4 Å². The van der Waals surface area contributed by atoms with Crippen LogP contribution in [0.25, 0.3) is 0 Å². The molecule has 2 heterocycles. The lowest BCUT2D eigenvalue weighted by Gasteiger charge is -2.31. The Balaban J connectivity index is 1.36. The number of likely N-dealkylation sites (tertiary alicyclic amines) is 1. The van der Waals surface area contributed by atoms with Gasteiger partial charge in [-0.15, -0.1) is 0 Å². The third kappa shape index (κ3) is 5.63. The summed E-state index contributed by atoms with van der Waals surface area (Å²) in [5.41, 5.74) is 1.82. The maximum Gasteiger partial charge on any atom is 0.223 e. The van der Waals surface area contributed by atoms with Crippen LogP contribution in [0.15, 0.2) is 41.1 Å². The van der Waals surface area contributed by atoms with E-state index < -0.39 is 0 Å². The fourth-order valence-corrected chi connectivity index (χ4v) is 4.10. The SMILES string of the molecule is O=C(NCCc1ccccc1F)C1CCN(C(=O)CCc2ccsc2)CC1. The number of carbonyl (C=O) groups excluding carboxylic acids is 2. The molecule has 1 aromatic heterocycles. The normalized spacial score (nSPS) is 14.9. The zero-order valence-electron chi connectivity index (χ0n) is 15.3. The zero-order valence-corrected chi connectivity index (χ0v) is 16.1. The van der Waals surface area contributed by atoms with Gasteiger partial charge in [0.1, 0.15) is 5.82 Å². The molecule has 0 atom stereocenters. The molecule has 144 valence electrons. The lowest BCUT2D eigenvalue weighted by Crippen LogP contribution is -2.43. The second-order valence-electron chi connectivity index (χ2n) is 6.92. The highest BCUT2D eigenvalue weighted by Gasteiger charge is 2.26. The number of halogens is 1. The number of benzene rings is 1. The van der Waals surface area contributed by atoms with Gasteiger partial charge in [0.05, 0.1) is 0 Å². The molecule has 4 nitrogen and oxygen atoms in total. The summed E-state index contributed by atoms with van der Waals surface area (Å²) in [6.45, 7) is 1.70. The minimum Gasteiger partial charge on any atom is -0.356 e. The Labute approximate surface area is 163 Å². The van der Waals surface area contributed by atoms with Crippen LogP contribution in [0.2, 0.25) is 0 Å². The van der Waals surface area contributed by atoms with Crippen molar-refractivity contribution in [3.8, 4) is 0 Å². The Morgan fingerprint density at radius 1 is 1.15 bits per heavy atom. The molecule has 0 spiro atoms. The quantitative estimate of drug-likeness (QED) is 0.790. The largest absolute Gasteiger partial charge is 0.356 e. The van der Waals surface area contributed by atoms with Crippen molar-refractivity contribution in [3.63, 3.8) is 0 Å². The molecule has 1 aromatic carbocycles. The molecule has 1 saturated heterocycles. The predicted molar refractivity (Wildman–Crippen MR) is 105 cm³/mol. The van der Waals surface area contributed by atoms with Gasteiger partial charge in [0, 0.05) is 32.0 Å². The molecule has 3 rings (SSSR count). The third-order valence-corrected chi connectivity index (χ3v) is 5.81. The van der Waals surface area contributed by atoms with Crippen molar-refractivity contribution in [2.24, 2.45) is 5.92 Å². The maximum atomic E-state index is 13.6. The fourth-order valence-electron chi connectivity index (χ4n) is 3.40. The van der Waals surface area contributed by atoms with E-state index in [-0.39, 0.29) is 23.5 Å². The van der Waals surface area contributed by atoms with Crippen molar-refractivity contribution in [2.75, 3.05) is 19.6 Å². The number of piperidine rings is 1. The minimum absolute atomic E-state index is 0.0108. The smallest absolute Gasteiger partial charge is 0.223 e. The lowest BCUT2D eigenvalue weighted by molar-refractivity contribution is -0.135. The topological polar surface area (TPSA) is 49.4 Å². The van der Waals surface area contributed by atoms with Crippen molar-refractivity contribution in [1.82, 2.24) is 10.2 Å². The van der Waals surface area contributed by atoms with Gasteiger partial charge >= 0.3 is 0 Å². The molecule has 1 aliphatic heterocycles. The monoisotopic (exact) mass is 388 g/mol. The number of hydrogen-bond acceptors (Lipinski definition) is 3. The van der Waals surface area contributed by atoms with Gasteiger partial charge in [0.25, 0.3) is 0 Å². The molecule has 1 N–H and O–H groups in total. The van der Waals surface area contributed by atoms with E-state index >= 15 is 0 Å². The average molecular weight is 389 g/mol. The van der Waals surface area contributed by atoms with E-state index in [4.69, 9.17) is 0 Å². The van der Waals surface area contributed by atoms with Crippen molar-refractivity contribution in [1.29, 1.82) is 0 Å². The second kappa shape index (κ2) is 9.65. The Bertz CT molecular complexity index is 755. The summed E-state index contributed by atoms with van der Waals surface area (Å²) in [6.07, 6.45) is 3.17. The van der Waals surface area contributed by atoms with Crippen LogP contribution < -0.4 is 5.32 Å². The fraction of sp³-hybridized carbons (Fsp3) is 0.429. The minimum atomic E-state index is -0.235. The van der Waals surface area contributed by atoms with Crippen LogP contribution >= 0.6 is 11.3 Å². The van der Waals surface area contributed by atoms with Gasteiger partial charge in [-0.05, 0) is 59.7 Å². The Morgan fingerprint density at radius 2 is 1.93 bits per heavy atom. The van der Waals surface area contributed by atoms with Crippen LogP contribution in [0, 0.1) is 11.7 Å². The molecule has 0 unspecified atom stereocenters. The number of rotatable bonds is 7. The number of thiophene rings is 1. The predicted octanol–water partition coefficient (Wildman–Crippen LogP) is 3.42. The Morgan fingerprint density at radius 3 is 2.63 bits per heavy atom. The molecule has 0 radical (unpaired) electrons. The molecule has 1 aliphatic rings. The van der Waals surface area contributed by atoms with Gasteiger partial charge in [-0.3, -0.25) is 9.59 Å². The van der Waals surface area contributed by atoms with Crippen LogP contribution in [0.5, 0.6) is 0 Å². The summed E-state index contributed by atoms with van der Waals surface area (Å²) in [6, 6.07) is 8.68. The van der Waals surface area contributed by atoms with Crippen molar-refractivity contribution < 1.29 is 14.0 Å². The molecule has 0 saturated carbocycles. The molecule has 6 heteroatoms. The van der Waals surface area contributed by atoms with Crippen LogP contribution in [0.4, 0.5) is 4.39 Å². The first-order valence-electron chi connectivity index (χ1n) is 9.43.